The molecule has 0 aliphatic carbocycles. The van der Waals surface area contributed by atoms with Gasteiger partial charge in [0.05, 0.1) is 12.0 Å². The normalized spacial score (nSPS) is 15.9. The van der Waals surface area contributed by atoms with Crippen molar-refractivity contribution in [1.82, 2.24) is 4.90 Å². The third kappa shape index (κ3) is 5.00. The second-order valence-corrected chi connectivity index (χ2v) is 7.73. The maximum atomic E-state index is 12.8. The van der Waals surface area contributed by atoms with E-state index in [1.54, 1.807) is 31.1 Å². The zero-order valence-electron chi connectivity index (χ0n) is 16.8. The van der Waals surface area contributed by atoms with Crippen molar-refractivity contribution in [2.75, 3.05) is 26.8 Å². The number of nitrogens with zero attached hydrogens (tertiary/aromatic N) is 1. The highest BCUT2D eigenvalue weighted by atomic mass is 35.5. The molecule has 7 heteroatoms. The van der Waals surface area contributed by atoms with Crippen LogP contribution < -0.4 is 0 Å². The largest absolute Gasteiger partial charge is 0.466 e. The number of amides is 1. The van der Waals surface area contributed by atoms with Crippen molar-refractivity contribution in [2.24, 2.45) is 5.41 Å². The Labute approximate surface area is 175 Å². The van der Waals surface area contributed by atoms with Crippen LogP contribution in [0.2, 0.25) is 5.02 Å². The van der Waals surface area contributed by atoms with E-state index in [9.17, 15) is 9.59 Å². The topological polar surface area (TPSA) is 69.0 Å². The summed E-state index contributed by atoms with van der Waals surface area (Å²) in [6, 6.07) is 10.9. The summed E-state index contributed by atoms with van der Waals surface area (Å²) >= 11 is 5.98. The van der Waals surface area contributed by atoms with Crippen molar-refractivity contribution >= 4 is 23.5 Å². The first-order chi connectivity index (χ1) is 14.0. The molecule has 1 aromatic heterocycles. The van der Waals surface area contributed by atoms with Crippen molar-refractivity contribution in [2.45, 2.75) is 32.8 Å². The number of halogens is 1. The molecule has 0 unspecified atom stereocenters. The van der Waals surface area contributed by atoms with Gasteiger partial charge in [-0.25, -0.2) is 0 Å². The number of rotatable bonds is 7. The second kappa shape index (κ2) is 9.46. The molecule has 1 saturated heterocycles. The Morgan fingerprint density at radius 3 is 2.45 bits per heavy atom. The van der Waals surface area contributed by atoms with Crippen LogP contribution in [0.5, 0.6) is 0 Å². The lowest BCUT2D eigenvalue weighted by molar-refractivity contribution is -0.158. The molecule has 1 fully saturated rings. The predicted octanol–water partition coefficient (Wildman–Crippen LogP) is 4.11. The van der Waals surface area contributed by atoms with Crippen molar-refractivity contribution in [3.63, 3.8) is 0 Å². The summed E-state index contributed by atoms with van der Waals surface area (Å²) in [5, 5.41) is 0.658. The van der Waals surface area contributed by atoms with Crippen LogP contribution >= 0.6 is 11.6 Å². The summed E-state index contributed by atoms with van der Waals surface area (Å²) in [5.74, 6) is 0.522. The minimum Gasteiger partial charge on any atom is -0.466 e. The summed E-state index contributed by atoms with van der Waals surface area (Å²) in [6.07, 6.45) is 1.63. The van der Waals surface area contributed by atoms with Gasteiger partial charge in [-0.3, -0.25) is 9.59 Å². The van der Waals surface area contributed by atoms with Gasteiger partial charge in [-0.15, -0.1) is 0 Å². The number of carbonyl (C=O) groups is 2. The first-order valence-corrected chi connectivity index (χ1v) is 10.1. The van der Waals surface area contributed by atoms with Gasteiger partial charge in [-0.05, 0) is 56.0 Å². The van der Waals surface area contributed by atoms with Gasteiger partial charge in [-0.2, -0.15) is 0 Å². The quantitative estimate of drug-likeness (QED) is 0.632. The number of piperidine rings is 1. The number of likely N-dealkylation sites (tertiary alicyclic amines) is 1. The molecule has 6 nitrogen and oxygen atoms in total. The van der Waals surface area contributed by atoms with Crippen LogP contribution in [-0.4, -0.2) is 43.6 Å². The molecule has 0 saturated carbocycles. The van der Waals surface area contributed by atoms with Crippen molar-refractivity contribution < 1.29 is 23.5 Å². The van der Waals surface area contributed by atoms with Gasteiger partial charge < -0.3 is 18.8 Å². The van der Waals surface area contributed by atoms with E-state index in [2.05, 4.69) is 0 Å². The predicted molar refractivity (Wildman–Crippen MR) is 109 cm³/mol. The Bertz CT molecular complexity index is 837. The van der Waals surface area contributed by atoms with Crippen molar-refractivity contribution in [3.05, 3.63) is 58.5 Å². The highest BCUT2D eigenvalue weighted by Gasteiger charge is 2.44. The number of hydrogen-bond donors (Lipinski definition) is 0. The zero-order chi connectivity index (χ0) is 20.9. The molecule has 2 aromatic rings. The molecule has 1 amide bonds. The Balaban J connectivity index is 1.71. The lowest BCUT2D eigenvalue weighted by atomic mass is 9.73. The molecule has 3 rings (SSSR count). The standard InChI is InChI=1S/C22H26ClNO5/c1-3-28-21(26)22(14-16-4-6-17(23)7-5-16)10-12-24(13-11-22)20(25)19-9-8-18(29-19)15-27-2/h4-9H,3,10-15H2,1-2H3. The summed E-state index contributed by atoms with van der Waals surface area (Å²) in [6.45, 7) is 3.39. The molecule has 2 heterocycles. The molecule has 0 atom stereocenters. The highest BCUT2D eigenvalue weighted by molar-refractivity contribution is 6.30. The minimum atomic E-state index is -0.648. The molecule has 0 bridgehead atoms. The van der Waals surface area contributed by atoms with Gasteiger partial charge in [0.25, 0.3) is 5.91 Å². The number of carbonyl (C=O) groups excluding carboxylic acids is 2. The number of benzene rings is 1. The fourth-order valence-corrected chi connectivity index (χ4v) is 3.86. The molecule has 0 radical (unpaired) electrons. The van der Waals surface area contributed by atoms with Crippen molar-refractivity contribution in [3.8, 4) is 0 Å². The summed E-state index contributed by atoms with van der Waals surface area (Å²) in [4.78, 5) is 27.3. The third-order valence-corrected chi connectivity index (χ3v) is 5.58. The van der Waals surface area contributed by atoms with E-state index in [0.717, 1.165) is 5.56 Å². The molecular formula is C22H26ClNO5. The number of ether oxygens (including phenoxy) is 2. The van der Waals surface area contributed by atoms with Crippen LogP contribution in [0.25, 0.3) is 0 Å². The van der Waals surface area contributed by atoms with E-state index in [0.29, 0.717) is 62.1 Å². The average Bonchev–Trinajstić information content (AvgIpc) is 3.19. The third-order valence-electron chi connectivity index (χ3n) is 5.33. The van der Waals surface area contributed by atoms with E-state index in [1.165, 1.54) is 0 Å². The fourth-order valence-electron chi connectivity index (χ4n) is 3.74. The van der Waals surface area contributed by atoms with Crippen LogP contribution in [0.1, 0.15) is 41.6 Å². The first kappa shape index (κ1) is 21.4. The fraction of sp³-hybridized carbons (Fsp3) is 0.455. The summed E-state index contributed by atoms with van der Waals surface area (Å²) in [7, 11) is 1.57. The minimum absolute atomic E-state index is 0.170. The van der Waals surface area contributed by atoms with Gasteiger partial charge in [0.2, 0.25) is 0 Å². The number of methoxy groups -OCH3 is 1. The molecule has 1 aliphatic rings. The Morgan fingerprint density at radius 1 is 1.14 bits per heavy atom. The van der Waals surface area contributed by atoms with E-state index in [4.69, 9.17) is 25.5 Å². The number of esters is 1. The monoisotopic (exact) mass is 419 g/mol. The molecular weight excluding hydrogens is 394 g/mol. The van der Waals surface area contributed by atoms with Crippen LogP contribution in [0.3, 0.4) is 0 Å². The van der Waals surface area contributed by atoms with Gasteiger partial charge in [-0.1, -0.05) is 23.7 Å². The summed E-state index contributed by atoms with van der Waals surface area (Å²) in [5.41, 5.74) is 0.378. The van der Waals surface area contributed by atoms with Crippen LogP contribution in [-0.2, 0) is 27.3 Å². The van der Waals surface area contributed by atoms with Gasteiger partial charge >= 0.3 is 5.97 Å². The van der Waals surface area contributed by atoms with Gasteiger partial charge in [0.15, 0.2) is 5.76 Å². The lowest BCUT2D eigenvalue weighted by Gasteiger charge is -2.39. The van der Waals surface area contributed by atoms with Gasteiger partial charge in [0, 0.05) is 25.2 Å². The molecule has 0 spiro atoms. The maximum absolute atomic E-state index is 12.8. The van der Waals surface area contributed by atoms with Crippen molar-refractivity contribution in [1.29, 1.82) is 0 Å². The van der Waals surface area contributed by atoms with E-state index in [-0.39, 0.29) is 11.9 Å². The smallest absolute Gasteiger partial charge is 0.312 e. The molecule has 1 aromatic carbocycles. The highest BCUT2D eigenvalue weighted by Crippen LogP contribution is 2.37. The second-order valence-electron chi connectivity index (χ2n) is 7.30. The van der Waals surface area contributed by atoms with Crippen LogP contribution in [0.15, 0.2) is 40.8 Å². The molecule has 29 heavy (non-hydrogen) atoms. The van der Waals surface area contributed by atoms with E-state index in [1.807, 2.05) is 24.3 Å². The van der Waals surface area contributed by atoms with Crippen LogP contribution in [0.4, 0.5) is 0 Å². The van der Waals surface area contributed by atoms with Crippen LogP contribution in [0, 0.1) is 5.41 Å². The lowest BCUT2D eigenvalue weighted by Crippen LogP contribution is -2.48. The van der Waals surface area contributed by atoms with Gasteiger partial charge in [0.1, 0.15) is 12.4 Å². The maximum Gasteiger partial charge on any atom is 0.312 e. The van der Waals surface area contributed by atoms with E-state index >= 15 is 0 Å². The Kier molecular flexibility index (Phi) is 6.98. The Hall–Kier alpha value is -2.31. The molecule has 1 aliphatic heterocycles. The Morgan fingerprint density at radius 2 is 1.83 bits per heavy atom. The van der Waals surface area contributed by atoms with E-state index < -0.39 is 5.41 Å². The number of hydrogen-bond acceptors (Lipinski definition) is 5. The molecule has 0 N–H and O–H groups in total. The SMILES string of the molecule is CCOC(=O)C1(Cc2ccc(Cl)cc2)CCN(C(=O)c2ccc(COC)o2)CC1. The first-order valence-electron chi connectivity index (χ1n) is 9.76. The average molecular weight is 420 g/mol. The number of furan rings is 1. The molecule has 156 valence electrons. The summed E-state index contributed by atoms with van der Waals surface area (Å²) < 4.78 is 16.0. The zero-order valence-corrected chi connectivity index (χ0v) is 17.5.